The third-order valence-corrected chi connectivity index (χ3v) is 5.14. The van der Waals surface area contributed by atoms with E-state index in [0.717, 1.165) is 36.6 Å². The Balaban J connectivity index is 1.77. The van der Waals surface area contributed by atoms with Crippen LogP contribution in [0.2, 0.25) is 0 Å². The van der Waals surface area contributed by atoms with Crippen LogP contribution < -0.4 is 27.0 Å². The number of aromatic amines is 1. The number of hydrogen-bond acceptors (Lipinski definition) is 6. The summed E-state index contributed by atoms with van der Waals surface area (Å²) in [6, 6.07) is 3.15. The molecule has 0 spiro atoms. The van der Waals surface area contributed by atoms with Gasteiger partial charge >= 0.3 is 5.69 Å². The summed E-state index contributed by atoms with van der Waals surface area (Å²) in [6.07, 6.45) is 4.00. The van der Waals surface area contributed by atoms with Gasteiger partial charge in [0.1, 0.15) is 11.4 Å². The molecule has 2 aromatic heterocycles. The highest BCUT2D eigenvalue weighted by molar-refractivity contribution is 5.93. The second kappa shape index (κ2) is 8.46. The highest BCUT2D eigenvalue weighted by atomic mass is 16.2. The maximum absolute atomic E-state index is 12.5. The Morgan fingerprint density at radius 3 is 2.76 bits per heavy atom. The lowest BCUT2D eigenvalue weighted by Gasteiger charge is -2.36. The van der Waals surface area contributed by atoms with E-state index in [1.807, 2.05) is 13.8 Å². The normalized spacial score (nSPS) is 16.8. The SMILES string of the molecule is CC(C)n1nc(N2CCCCC2CNC(=O)c2c[nH]c(=O)n(C)c2=O)ccc1=O. The molecule has 1 saturated heterocycles. The maximum Gasteiger partial charge on any atom is 0.328 e. The van der Waals surface area contributed by atoms with E-state index in [2.05, 4.69) is 20.3 Å². The minimum atomic E-state index is -0.641. The predicted molar refractivity (Wildman–Crippen MR) is 109 cm³/mol. The number of H-pyrrole nitrogens is 1. The Hall–Kier alpha value is -3.17. The number of anilines is 1. The second-order valence-electron chi connectivity index (χ2n) is 7.49. The summed E-state index contributed by atoms with van der Waals surface area (Å²) in [5.41, 5.74) is -1.48. The first-order valence-electron chi connectivity index (χ1n) is 9.73. The predicted octanol–water partition coefficient (Wildman–Crippen LogP) is 0.000100. The first-order valence-corrected chi connectivity index (χ1v) is 9.73. The molecule has 1 aliphatic heterocycles. The van der Waals surface area contributed by atoms with Gasteiger partial charge in [0.05, 0.1) is 6.04 Å². The van der Waals surface area contributed by atoms with Crippen LogP contribution in [0.25, 0.3) is 0 Å². The number of piperidine rings is 1. The first-order chi connectivity index (χ1) is 13.8. The fourth-order valence-corrected chi connectivity index (χ4v) is 3.49. The van der Waals surface area contributed by atoms with Crippen molar-refractivity contribution in [1.29, 1.82) is 0 Å². The van der Waals surface area contributed by atoms with Gasteiger partial charge in [-0.15, -0.1) is 0 Å². The van der Waals surface area contributed by atoms with E-state index in [4.69, 9.17) is 0 Å². The van der Waals surface area contributed by atoms with Gasteiger partial charge in [-0.3, -0.25) is 19.0 Å². The zero-order valence-electron chi connectivity index (χ0n) is 16.8. The summed E-state index contributed by atoms with van der Waals surface area (Å²) in [4.78, 5) is 52.5. The van der Waals surface area contributed by atoms with E-state index in [1.54, 1.807) is 6.07 Å². The standard InChI is InChI=1S/C19H26N6O4/c1-12(2)25-16(26)8-7-15(22-25)24-9-5-4-6-13(24)10-20-17(27)14-11-21-19(29)23(3)18(14)28/h7-8,11-13H,4-6,9-10H2,1-3H3,(H,20,27)(H,21,29). The minimum Gasteiger partial charge on any atom is -0.350 e. The number of hydrogen-bond donors (Lipinski definition) is 2. The van der Waals surface area contributed by atoms with Crippen molar-refractivity contribution in [3.63, 3.8) is 0 Å². The Bertz CT molecular complexity index is 1070. The number of amides is 1. The molecule has 0 radical (unpaired) electrons. The summed E-state index contributed by atoms with van der Waals surface area (Å²) in [6.45, 7) is 4.89. The van der Waals surface area contributed by atoms with Crippen LogP contribution in [-0.4, -0.2) is 44.4 Å². The van der Waals surface area contributed by atoms with E-state index in [-0.39, 0.29) is 23.2 Å². The van der Waals surface area contributed by atoms with Gasteiger partial charge in [0.2, 0.25) is 0 Å². The molecule has 2 N–H and O–H groups in total. The molecule has 2 aromatic rings. The monoisotopic (exact) mass is 402 g/mol. The average molecular weight is 402 g/mol. The van der Waals surface area contributed by atoms with Gasteiger partial charge < -0.3 is 15.2 Å². The van der Waals surface area contributed by atoms with Gasteiger partial charge in [-0.2, -0.15) is 5.10 Å². The summed E-state index contributed by atoms with van der Waals surface area (Å²) < 4.78 is 2.31. The van der Waals surface area contributed by atoms with Crippen LogP contribution in [0.5, 0.6) is 0 Å². The summed E-state index contributed by atoms with van der Waals surface area (Å²) >= 11 is 0. The van der Waals surface area contributed by atoms with Crippen molar-refractivity contribution in [1.82, 2.24) is 24.6 Å². The quantitative estimate of drug-likeness (QED) is 0.726. The van der Waals surface area contributed by atoms with E-state index in [1.165, 1.54) is 17.8 Å². The van der Waals surface area contributed by atoms with Crippen molar-refractivity contribution in [2.45, 2.75) is 45.2 Å². The maximum atomic E-state index is 12.5. The highest BCUT2D eigenvalue weighted by Crippen LogP contribution is 2.22. The molecule has 3 heterocycles. The van der Waals surface area contributed by atoms with Gasteiger partial charge in [-0.1, -0.05) is 0 Å². The summed E-state index contributed by atoms with van der Waals surface area (Å²) in [7, 11) is 1.32. The molecule has 1 unspecified atom stereocenters. The number of aromatic nitrogens is 4. The first kappa shape index (κ1) is 20.6. The van der Waals surface area contributed by atoms with Crippen LogP contribution in [0.3, 0.4) is 0 Å². The van der Waals surface area contributed by atoms with Crippen LogP contribution in [-0.2, 0) is 7.05 Å². The van der Waals surface area contributed by atoms with E-state index >= 15 is 0 Å². The fourth-order valence-electron chi connectivity index (χ4n) is 3.49. The molecule has 0 saturated carbocycles. The molecular formula is C19H26N6O4. The minimum absolute atomic E-state index is 0.00933. The van der Waals surface area contributed by atoms with Crippen molar-refractivity contribution in [2.75, 3.05) is 18.0 Å². The van der Waals surface area contributed by atoms with E-state index < -0.39 is 17.2 Å². The van der Waals surface area contributed by atoms with Gasteiger partial charge in [-0.25, -0.2) is 9.48 Å². The molecule has 1 fully saturated rings. The highest BCUT2D eigenvalue weighted by Gasteiger charge is 2.25. The topological polar surface area (TPSA) is 122 Å². The van der Waals surface area contributed by atoms with Gasteiger partial charge in [0, 0.05) is 38.4 Å². The third kappa shape index (κ3) is 4.30. The van der Waals surface area contributed by atoms with Crippen LogP contribution in [0.4, 0.5) is 5.82 Å². The zero-order chi connectivity index (χ0) is 21.1. The van der Waals surface area contributed by atoms with Crippen molar-refractivity contribution in [3.05, 3.63) is 55.1 Å². The van der Waals surface area contributed by atoms with Crippen LogP contribution >= 0.6 is 0 Å². The van der Waals surface area contributed by atoms with Gasteiger partial charge in [0.25, 0.3) is 17.0 Å². The smallest absolute Gasteiger partial charge is 0.328 e. The molecule has 1 atom stereocenters. The Morgan fingerprint density at radius 2 is 2.03 bits per heavy atom. The molecule has 156 valence electrons. The van der Waals surface area contributed by atoms with Crippen LogP contribution in [0, 0.1) is 0 Å². The van der Waals surface area contributed by atoms with Crippen LogP contribution in [0.1, 0.15) is 49.5 Å². The van der Waals surface area contributed by atoms with Crippen LogP contribution in [0.15, 0.2) is 32.7 Å². The fraction of sp³-hybridized carbons (Fsp3) is 0.526. The van der Waals surface area contributed by atoms with E-state index in [9.17, 15) is 19.2 Å². The molecule has 3 rings (SSSR count). The molecule has 0 bridgehead atoms. The average Bonchev–Trinajstić information content (AvgIpc) is 2.71. The number of carbonyl (C=O) groups excluding carboxylic acids is 1. The number of nitrogens with one attached hydrogen (secondary N) is 2. The molecule has 10 heteroatoms. The van der Waals surface area contributed by atoms with Crippen molar-refractivity contribution in [3.8, 4) is 0 Å². The molecule has 10 nitrogen and oxygen atoms in total. The lowest BCUT2D eigenvalue weighted by Crippen LogP contribution is -2.48. The second-order valence-corrected chi connectivity index (χ2v) is 7.49. The zero-order valence-corrected chi connectivity index (χ0v) is 16.8. The summed E-state index contributed by atoms with van der Waals surface area (Å²) in [5.74, 6) is 0.157. The van der Waals surface area contributed by atoms with Crippen molar-refractivity contribution in [2.24, 2.45) is 7.05 Å². The molecule has 29 heavy (non-hydrogen) atoms. The molecule has 0 aliphatic carbocycles. The molecular weight excluding hydrogens is 376 g/mol. The van der Waals surface area contributed by atoms with Gasteiger partial charge in [0.15, 0.2) is 0 Å². The lowest BCUT2D eigenvalue weighted by atomic mass is 10.0. The Labute approximate surface area is 167 Å². The Morgan fingerprint density at radius 1 is 1.28 bits per heavy atom. The number of nitrogens with zero attached hydrogens (tertiary/aromatic N) is 4. The van der Waals surface area contributed by atoms with Crippen molar-refractivity contribution < 1.29 is 4.79 Å². The number of rotatable bonds is 5. The number of carbonyl (C=O) groups is 1. The summed E-state index contributed by atoms with van der Waals surface area (Å²) in [5, 5.41) is 7.28. The van der Waals surface area contributed by atoms with Crippen molar-refractivity contribution >= 4 is 11.7 Å². The van der Waals surface area contributed by atoms with Gasteiger partial charge in [-0.05, 0) is 39.2 Å². The Kier molecular flexibility index (Phi) is 6.00. The lowest BCUT2D eigenvalue weighted by molar-refractivity contribution is 0.0947. The van der Waals surface area contributed by atoms with E-state index in [0.29, 0.717) is 12.4 Å². The molecule has 1 aliphatic rings. The third-order valence-electron chi connectivity index (χ3n) is 5.14. The largest absolute Gasteiger partial charge is 0.350 e. The molecule has 0 aromatic carbocycles. The molecule has 1 amide bonds.